The number of hydrogen-bond acceptors (Lipinski definition) is 4. The van der Waals surface area contributed by atoms with Gasteiger partial charge in [0.05, 0.1) is 19.5 Å². The van der Waals surface area contributed by atoms with E-state index < -0.39 is 5.54 Å². The van der Waals surface area contributed by atoms with E-state index in [0.717, 1.165) is 50.1 Å². The van der Waals surface area contributed by atoms with Gasteiger partial charge in [0.2, 0.25) is 5.91 Å². The molecule has 1 saturated carbocycles. The number of halogens is 1. The van der Waals surface area contributed by atoms with Crippen molar-refractivity contribution < 1.29 is 18.3 Å². The number of carbonyl (C=O) groups is 1. The van der Waals surface area contributed by atoms with Gasteiger partial charge in [-0.2, -0.15) is 0 Å². The minimum Gasteiger partial charge on any atom is -0.469 e. The van der Waals surface area contributed by atoms with Gasteiger partial charge in [0.1, 0.15) is 17.1 Å². The number of furan rings is 1. The lowest BCUT2D eigenvalue weighted by Crippen LogP contribution is -2.62. The second-order valence-electron chi connectivity index (χ2n) is 8.36. The molecule has 5 nitrogen and oxygen atoms in total. The van der Waals surface area contributed by atoms with Crippen molar-refractivity contribution in [1.29, 1.82) is 0 Å². The Bertz CT molecular complexity index is 794. The lowest BCUT2D eigenvalue weighted by atomic mass is 9.79. The van der Waals surface area contributed by atoms with Crippen molar-refractivity contribution in [3.8, 4) is 0 Å². The van der Waals surface area contributed by atoms with E-state index >= 15 is 0 Å². The predicted molar refractivity (Wildman–Crippen MR) is 113 cm³/mol. The molecule has 1 amide bonds. The summed E-state index contributed by atoms with van der Waals surface area (Å²) in [4.78, 5) is 15.7. The monoisotopic (exact) mass is 414 g/mol. The summed E-state index contributed by atoms with van der Waals surface area (Å²) in [6.07, 6.45) is 7.57. The Labute approximate surface area is 177 Å². The van der Waals surface area contributed by atoms with E-state index in [2.05, 4.69) is 10.2 Å². The van der Waals surface area contributed by atoms with Crippen LogP contribution in [0.4, 0.5) is 4.39 Å². The molecule has 0 bridgehead atoms. The average Bonchev–Trinajstić information content (AvgIpc) is 3.33. The maximum atomic E-state index is 13.4. The van der Waals surface area contributed by atoms with Crippen LogP contribution in [0.5, 0.6) is 0 Å². The normalized spacial score (nSPS) is 20.6. The molecule has 1 saturated heterocycles. The number of morpholine rings is 1. The third-order valence-electron chi connectivity index (χ3n) is 6.60. The molecule has 0 spiro atoms. The molecule has 4 rings (SSSR count). The largest absolute Gasteiger partial charge is 0.469 e. The lowest BCUT2D eigenvalue weighted by molar-refractivity contribution is -0.140. The van der Waals surface area contributed by atoms with E-state index in [0.29, 0.717) is 26.2 Å². The van der Waals surface area contributed by atoms with Crippen molar-refractivity contribution in [2.45, 2.75) is 50.0 Å². The van der Waals surface area contributed by atoms with Gasteiger partial charge in [-0.15, -0.1) is 0 Å². The number of hydrogen-bond donors (Lipinski definition) is 1. The van der Waals surface area contributed by atoms with Crippen molar-refractivity contribution >= 4 is 5.91 Å². The van der Waals surface area contributed by atoms with Gasteiger partial charge in [-0.05, 0) is 49.1 Å². The van der Waals surface area contributed by atoms with Gasteiger partial charge in [0.25, 0.3) is 0 Å². The van der Waals surface area contributed by atoms with E-state index in [9.17, 15) is 9.18 Å². The van der Waals surface area contributed by atoms with Crippen LogP contribution in [0.2, 0.25) is 0 Å². The number of nitrogens with zero attached hydrogens (tertiary/aromatic N) is 1. The smallest absolute Gasteiger partial charge is 0.240 e. The maximum absolute atomic E-state index is 13.4. The molecular weight excluding hydrogens is 383 g/mol. The van der Waals surface area contributed by atoms with E-state index in [1.54, 1.807) is 18.4 Å². The van der Waals surface area contributed by atoms with Crippen LogP contribution in [0, 0.1) is 5.82 Å². The fourth-order valence-corrected chi connectivity index (χ4v) is 4.97. The van der Waals surface area contributed by atoms with Crippen molar-refractivity contribution in [2.75, 3.05) is 32.8 Å². The molecule has 1 aliphatic carbocycles. The Balaban J connectivity index is 1.43. The van der Waals surface area contributed by atoms with Gasteiger partial charge in [0, 0.05) is 25.6 Å². The summed E-state index contributed by atoms with van der Waals surface area (Å²) in [5, 5.41) is 3.23. The molecule has 2 fully saturated rings. The number of rotatable bonds is 7. The summed E-state index contributed by atoms with van der Waals surface area (Å²) in [7, 11) is 0. The number of amides is 1. The molecule has 6 heteroatoms. The van der Waals surface area contributed by atoms with Gasteiger partial charge in [0.15, 0.2) is 0 Å². The van der Waals surface area contributed by atoms with E-state index in [-0.39, 0.29) is 17.6 Å². The maximum Gasteiger partial charge on any atom is 0.240 e. The highest BCUT2D eigenvalue weighted by atomic mass is 19.1. The molecule has 2 aromatic rings. The average molecular weight is 415 g/mol. The number of carbonyl (C=O) groups excluding carboxylic acids is 1. The summed E-state index contributed by atoms with van der Waals surface area (Å²) in [6, 6.07) is 10.3. The summed E-state index contributed by atoms with van der Waals surface area (Å²) in [5.74, 6) is 0.694. The van der Waals surface area contributed by atoms with E-state index in [4.69, 9.17) is 9.15 Å². The minimum atomic E-state index is -0.405. The topological polar surface area (TPSA) is 54.7 Å². The molecule has 1 N–H and O–H groups in total. The number of nitrogens with one attached hydrogen (secondary N) is 1. The standard InChI is InChI=1S/C24H31FN2O3/c25-20-8-6-19(7-9-20)21(22-5-4-16-30-22)10-13-26-23(28)24(11-2-1-3-12-24)27-14-17-29-18-15-27/h4-9,16,21H,1-3,10-15,17-18H2,(H,26,28)/t21-/m0/s1. The molecular formula is C24H31FN2O3. The first-order valence-electron chi connectivity index (χ1n) is 11.1. The predicted octanol–water partition coefficient (Wildman–Crippen LogP) is 4.09. The van der Waals surface area contributed by atoms with Crippen LogP contribution in [0.1, 0.15) is 55.8 Å². The molecule has 2 aliphatic rings. The zero-order chi connectivity index (χ0) is 20.8. The molecule has 1 aliphatic heterocycles. The SMILES string of the molecule is O=C(NCC[C@@H](c1ccc(F)cc1)c1ccco1)C1(N2CCOCC2)CCCCC1. The molecule has 0 radical (unpaired) electrons. The Morgan fingerprint density at radius 1 is 1.10 bits per heavy atom. The van der Waals surface area contributed by atoms with Crippen molar-refractivity contribution in [3.63, 3.8) is 0 Å². The lowest BCUT2D eigenvalue weighted by Gasteiger charge is -2.46. The molecule has 2 heterocycles. The van der Waals surface area contributed by atoms with Gasteiger partial charge in [-0.25, -0.2) is 4.39 Å². The van der Waals surface area contributed by atoms with Crippen LogP contribution in [0.25, 0.3) is 0 Å². The summed E-state index contributed by atoms with van der Waals surface area (Å²) >= 11 is 0. The highest BCUT2D eigenvalue weighted by Gasteiger charge is 2.44. The molecule has 162 valence electrons. The third-order valence-corrected chi connectivity index (χ3v) is 6.60. The van der Waals surface area contributed by atoms with Gasteiger partial charge >= 0.3 is 0 Å². The Morgan fingerprint density at radius 2 is 1.83 bits per heavy atom. The van der Waals surface area contributed by atoms with Gasteiger partial charge in [-0.3, -0.25) is 9.69 Å². The fraction of sp³-hybridized carbons (Fsp3) is 0.542. The van der Waals surface area contributed by atoms with Gasteiger partial charge < -0.3 is 14.5 Å². The van der Waals surface area contributed by atoms with Gasteiger partial charge in [-0.1, -0.05) is 31.4 Å². The van der Waals surface area contributed by atoms with E-state index in [1.807, 2.05) is 12.1 Å². The summed E-state index contributed by atoms with van der Waals surface area (Å²) in [6.45, 7) is 3.57. The van der Waals surface area contributed by atoms with Crippen molar-refractivity contribution in [1.82, 2.24) is 10.2 Å². The van der Waals surface area contributed by atoms with Crippen LogP contribution in [-0.4, -0.2) is 49.2 Å². The van der Waals surface area contributed by atoms with E-state index in [1.165, 1.54) is 18.6 Å². The molecule has 0 unspecified atom stereocenters. The zero-order valence-electron chi connectivity index (χ0n) is 17.4. The number of ether oxygens (including phenoxy) is 1. The summed E-state index contributed by atoms with van der Waals surface area (Å²) < 4.78 is 24.5. The highest BCUT2D eigenvalue weighted by Crippen LogP contribution is 2.35. The molecule has 1 aromatic carbocycles. The fourth-order valence-electron chi connectivity index (χ4n) is 4.97. The quantitative estimate of drug-likeness (QED) is 0.741. The second kappa shape index (κ2) is 9.75. The first-order chi connectivity index (χ1) is 14.7. The number of benzene rings is 1. The van der Waals surface area contributed by atoms with Crippen molar-refractivity contribution in [2.24, 2.45) is 0 Å². The first-order valence-corrected chi connectivity index (χ1v) is 11.1. The second-order valence-corrected chi connectivity index (χ2v) is 8.36. The highest BCUT2D eigenvalue weighted by molar-refractivity contribution is 5.86. The van der Waals surface area contributed by atoms with Crippen LogP contribution in [0.3, 0.4) is 0 Å². The van der Waals surface area contributed by atoms with Crippen molar-refractivity contribution in [3.05, 3.63) is 59.8 Å². The van der Waals surface area contributed by atoms with Crippen LogP contribution >= 0.6 is 0 Å². The van der Waals surface area contributed by atoms with Crippen LogP contribution < -0.4 is 5.32 Å². The Morgan fingerprint density at radius 3 is 2.50 bits per heavy atom. The molecule has 30 heavy (non-hydrogen) atoms. The zero-order valence-corrected chi connectivity index (χ0v) is 17.4. The van der Waals surface area contributed by atoms with Crippen LogP contribution in [-0.2, 0) is 9.53 Å². The molecule has 1 atom stereocenters. The third kappa shape index (κ3) is 4.60. The minimum absolute atomic E-state index is 0.0217. The Hall–Kier alpha value is -2.18. The summed E-state index contributed by atoms with van der Waals surface area (Å²) in [5.41, 5.74) is 0.583. The van der Waals surface area contributed by atoms with Crippen LogP contribution in [0.15, 0.2) is 47.1 Å². The molecule has 1 aromatic heterocycles. The first kappa shape index (κ1) is 21.1. The Kier molecular flexibility index (Phi) is 6.85.